The van der Waals surface area contributed by atoms with Crippen molar-refractivity contribution in [2.45, 2.75) is 130 Å². The summed E-state index contributed by atoms with van der Waals surface area (Å²) in [6.45, 7) is 14.7. The third-order valence-corrected chi connectivity index (χ3v) is 11.7. The maximum absolute atomic E-state index is 14.7. The Morgan fingerprint density at radius 1 is 0.950 bits per heavy atom. The summed E-state index contributed by atoms with van der Waals surface area (Å²) in [4.78, 5) is 56.2. The van der Waals surface area contributed by atoms with Gasteiger partial charge in [0.15, 0.2) is 18.0 Å². The minimum absolute atomic E-state index is 0.0480. The van der Waals surface area contributed by atoms with Crippen LogP contribution in [0.25, 0.3) is 5.52 Å². The normalized spacial score (nSPS) is 24.7. The summed E-state index contributed by atoms with van der Waals surface area (Å²) in [6.07, 6.45) is -0.0184. The molecule has 1 saturated heterocycles. The van der Waals surface area contributed by atoms with Gasteiger partial charge in [-0.1, -0.05) is 45.9 Å². The van der Waals surface area contributed by atoms with Gasteiger partial charge in [-0.15, -0.1) is 0 Å². The summed E-state index contributed by atoms with van der Waals surface area (Å²) in [5.74, 6) is -2.62. The van der Waals surface area contributed by atoms with Crippen molar-refractivity contribution in [1.82, 2.24) is 25.0 Å². The molecule has 0 spiro atoms. The molecule has 1 unspecified atom stereocenters. The number of alkyl carbamates (subject to hydrolysis) is 1. The van der Waals surface area contributed by atoms with Crippen molar-refractivity contribution in [3.05, 3.63) is 54.5 Å². The van der Waals surface area contributed by atoms with Gasteiger partial charge in [0.05, 0.1) is 30.7 Å². The Balaban J connectivity index is 1.34. The fraction of sp³-hybridized carbons (Fsp3) is 0.610. The van der Waals surface area contributed by atoms with E-state index in [1.807, 2.05) is 0 Å². The number of benzene rings is 1. The van der Waals surface area contributed by atoms with Gasteiger partial charge in [0.2, 0.25) is 0 Å². The van der Waals surface area contributed by atoms with Crippen LogP contribution in [0.1, 0.15) is 99.8 Å². The lowest BCUT2D eigenvalue weighted by atomic mass is 9.86. The van der Waals surface area contributed by atoms with Gasteiger partial charge in [-0.05, 0) is 90.5 Å². The smallest absolute Gasteiger partial charge is 0.459 e. The van der Waals surface area contributed by atoms with Crippen LogP contribution in [0, 0.1) is 17.8 Å². The van der Waals surface area contributed by atoms with Gasteiger partial charge in [-0.2, -0.15) is 10.2 Å². The number of aromatic nitrogens is 3. The Hall–Kier alpha value is -4.77. The minimum Gasteiger partial charge on any atom is -0.464 e. The minimum atomic E-state index is -4.48. The quantitative estimate of drug-likeness (QED) is 0.0841. The zero-order valence-corrected chi connectivity index (χ0v) is 36.6. The summed E-state index contributed by atoms with van der Waals surface area (Å²) in [6, 6.07) is 10.4. The van der Waals surface area contributed by atoms with E-state index in [1.54, 1.807) is 97.9 Å². The third kappa shape index (κ3) is 12.0. The van der Waals surface area contributed by atoms with Crippen LogP contribution in [-0.4, -0.2) is 87.3 Å². The second-order valence-electron chi connectivity index (χ2n) is 17.1. The van der Waals surface area contributed by atoms with Crippen LogP contribution in [0.5, 0.6) is 5.75 Å². The van der Waals surface area contributed by atoms with Crippen molar-refractivity contribution in [1.29, 1.82) is 0 Å². The number of esters is 3. The van der Waals surface area contributed by atoms with Crippen molar-refractivity contribution in [2.75, 3.05) is 18.9 Å². The molecule has 2 aromatic heterocycles. The molecule has 4 N–H and O–H groups in total. The largest absolute Gasteiger partial charge is 0.464 e. The van der Waals surface area contributed by atoms with E-state index >= 15 is 0 Å². The van der Waals surface area contributed by atoms with Crippen molar-refractivity contribution >= 4 is 43.1 Å². The Morgan fingerprint density at radius 2 is 1.60 bits per heavy atom. The molecule has 1 aliphatic heterocycles. The highest BCUT2D eigenvalue weighted by atomic mass is 31.2. The lowest BCUT2D eigenvalue weighted by Crippen LogP contribution is -2.49. The number of nitrogens with two attached hydrogens (primary N) is 1. The first-order valence-electron chi connectivity index (χ1n) is 20.3. The second-order valence-corrected chi connectivity index (χ2v) is 18.8. The molecule has 2 aliphatic rings. The Morgan fingerprint density at radius 3 is 2.23 bits per heavy atom. The Kier molecular flexibility index (Phi) is 14.9. The predicted molar refractivity (Wildman–Crippen MR) is 218 cm³/mol. The van der Waals surface area contributed by atoms with E-state index in [-0.39, 0.29) is 30.1 Å². The number of nitrogens with zero attached hydrogens (tertiary/aromatic N) is 3. The number of ether oxygens (including phenoxy) is 5. The summed E-state index contributed by atoms with van der Waals surface area (Å²) < 4.78 is 58.0. The van der Waals surface area contributed by atoms with Crippen molar-refractivity contribution in [3.63, 3.8) is 0 Å². The van der Waals surface area contributed by atoms with E-state index in [9.17, 15) is 23.7 Å². The van der Waals surface area contributed by atoms with Gasteiger partial charge in [0.25, 0.3) is 0 Å². The SMILES string of the molecule is CC(C)C(=O)O[C@H]1[C@H](c2ccc3c(N)ncnn23)O[C@](C)(COP(=O)(N[C@@H](C)C(=O)OC[C@H]2CC[C@H](NC(=O)OC(C)(C)C)CC2)Oc2ccccc2)[C@H]1OC(=O)C(C)C. The first-order valence-corrected chi connectivity index (χ1v) is 21.8. The summed E-state index contributed by atoms with van der Waals surface area (Å²) in [5.41, 5.74) is 4.74. The van der Waals surface area contributed by atoms with Crippen molar-refractivity contribution in [2.24, 2.45) is 17.8 Å². The zero-order valence-electron chi connectivity index (χ0n) is 35.7. The third-order valence-electron chi connectivity index (χ3n) is 10.1. The average Bonchev–Trinajstić information content (AvgIpc) is 3.72. The Labute approximate surface area is 350 Å². The monoisotopic (exact) mass is 858 g/mol. The number of para-hydroxylation sites is 1. The number of carbonyl (C=O) groups excluding carboxylic acids is 4. The van der Waals surface area contributed by atoms with E-state index in [0.29, 0.717) is 36.9 Å². The standard InChI is InChI=1S/C41H59N6O12P/c1-24(2)36(48)55-33-32(30-19-20-31-35(42)43-23-44-47(30)31)57-41(9,34(33)56-37(49)25(3)4)22-54-60(52,59-29-13-11-10-12-14-29)46-26(5)38(50)53-21-27-15-17-28(18-16-27)45-39(51)58-40(6,7)8/h10-14,19-20,23-28,32-34H,15-18,21-22H2,1-9H3,(H,45,51)(H,46,52)(H2,42,43,44)/t26-,27-,28-,32-,33-,34-,41+,60?/m0/s1. The molecule has 1 saturated carbocycles. The maximum Gasteiger partial charge on any atom is 0.459 e. The number of nitrogen functional groups attached to an aromatic ring is 1. The van der Waals surface area contributed by atoms with Crippen LogP contribution in [0.3, 0.4) is 0 Å². The molecule has 3 heterocycles. The van der Waals surface area contributed by atoms with Crippen molar-refractivity contribution < 1.29 is 56.5 Å². The van der Waals surface area contributed by atoms with E-state index in [2.05, 4.69) is 20.5 Å². The fourth-order valence-corrected chi connectivity index (χ4v) is 8.38. The highest BCUT2D eigenvalue weighted by Gasteiger charge is 2.59. The number of hydrogen-bond acceptors (Lipinski definition) is 15. The number of amides is 1. The molecular formula is C41H59N6O12P. The fourth-order valence-electron chi connectivity index (χ4n) is 6.80. The van der Waals surface area contributed by atoms with Gasteiger partial charge in [-0.25, -0.2) is 18.9 Å². The molecule has 1 amide bonds. The van der Waals surface area contributed by atoms with Crippen LogP contribution >= 0.6 is 7.75 Å². The lowest BCUT2D eigenvalue weighted by molar-refractivity contribution is -0.175. The lowest BCUT2D eigenvalue weighted by Gasteiger charge is -2.33. The molecule has 1 aliphatic carbocycles. The molecule has 18 nitrogen and oxygen atoms in total. The maximum atomic E-state index is 14.7. The summed E-state index contributed by atoms with van der Waals surface area (Å²) in [5, 5.41) is 9.95. The zero-order chi connectivity index (χ0) is 44.0. The van der Waals surface area contributed by atoms with E-state index < -0.39 is 85.7 Å². The molecule has 60 heavy (non-hydrogen) atoms. The summed E-state index contributed by atoms with van der Waals surface area (Å²) in [7, 11) is -4.48. The van der Waals surface area contributed by atoms with E-state index in [1.165, 1.54) is 17.8 Å². The van der Waals surface area contributed by atoms with Gasteiger partial charge in [-0.3, -0.25) is 18.9 Å². The number of fused-ring (bicyclic) bond motifs is 1. The predicted octanol–water partition coefficient (Wildman–Crippen LogP) is 6.09. The molecule has 19 heteroatoms. The first-order chi connectivity index (χ1) is 28.2. The topological polar surface area (TPSA) is 230 Å². The van der Waals surface area contributed by atoms with Gasteiger partial charge in [0, 0.05) is 6.04 Å². The summed E-state index contributed by atoms with van der Waals surface area (Å²) >= 11 is 0. The molecule has 0 radical (unpaired) electrons. The first kappa shape index (κ1) is 46.3. The van der Waals surface area contributed by atoms with Crippen molar-refractivity contribution in [3.8, 4) is 5.75 Å². The second kappa shape index (κ2) is 19.3. The van der Waals surface area contributed by atoms with Crippen LogP contribution in [0.15, 0.2) is 48.8 Å². The van der Waals surface area contributed by atoms with Gasteiger partial charge >= 0.3 is 31.7 Å². The number of hydrogen-bond donors (Lipinski definition) is 3. The van der Waals surface area contributed by atoms with Gasteiger partial charge < -0.3 is 39.3 Å². The number of nitrogens with one attached hydrogen (secondary N) is 2. The molecule has 0 bridgehead atoms. The number of rotatable bonds is 16. The van der Waals surface area contributed by atoms with Crippen LogP contribution in [0.4, 0.5) is 10.6 Å². The molecule has 5 rings (SSSR count). The van der Waals surface area contributed by atoms with Crippen LogP contribution in [-0.2, 0) is 47.2 Å². The van der Waals surface area contributed by atoms with Crippen LogP contribution < -0.4 is 20.7 Å². The van der Waals surface area contributed by atoms with Gasteiger partial charge in [0.1, 0.15) is 40.9 Å². The number of carbonyl (C=O) groups is 4. The average molecular weight is 859 g/mol. The van der Waals surface area contributed by atoms with E-state index in [0.717, 1.165) is 0 Å². The highest BCUT2D eigenvalue weighted by molar-refractivity contribution is 7.52. The highest BCUT2D eigenvalue weighted by Crippen LogP contribution is 2.50. The molecule has 330 valence electrons. The number of anilines is 1. The molecule has 3 aromatic rings. The molecule has 2 fully saturated rings. The Bertz CT molecular complexity index is 2020. The van der Waals surface area contributed by atoms with E-state index in [4.69, 9.17) is 38.5 Å². The van der Waals surface area contributed by atoms with Crippen LogP contribution in [0.2, 0.25) is 0 Å². The molecule has 1 aromatic carbocycles. The molecular weight excluding hydrogens is 799 g/mol. The molecule has 6 atom stereocenters.